The molecule has 3 N–H and O–H groups in total. The van der Waals surface area contributed by atoms with Crippen molar-refractivity contribution >= 4 is 35.2 Å². The number of nitrogens with one attached hydrogen (secondary N) is 1. The minimum Gasteiger partial charge on any atom is -0.487 e. The molecule has 0 aliphatic rings. The third kappa shape index (κ3) is 7.88. The number of para-hydroxylation sites is 1. The minimum atomic E-state index is -0.418. The van der Waals surface area contributed by atoms with Crippen LogP contribution in [0.4, 0.5) is 17.2 Å². The SMILES string of the molecule is CC.Cc1ccc(Cl)c(COc2ccc(Nc3c(C)cccc3[N+](=O)[O-])nc2)c1.NC=O. The Morgan fingerprint density at radius 1 is 1.19 bits per heavy atom. The summed E-state index contributed by atoms with van der Waals surface area (Å²) >= 11 is 6.17. The lowest BCUT2D eigenvalue weighted by Crippen LogP contribution is -2.01. The van der Waals surface area contributed by atoms with Gasteiger partial charge in [-0.15, -0.1) is 0 Å². The highest BCUT2D eigenvalue weighted by Gasteiger charge is 2.16. The summed E-state index contributed by atoms with van der Waals surface area (Å²) in [6.45, 7) is 8.13. The molecule has 0 aliphatic heterocycles. The van der Waals surface area contributed by atoms with Crippen molar-refractivity contribution in [1.82, 2.24) is 4.98 Å². The second-order valence-corrected chi connectivity index (χ2v) is 6.66. The molecule has 1 heterocycles. The summed E-state index contributed by atoms with van der Waals surface area (Å²) < 4.78 is 5.74. The van der Waals surface area contributed by atoms with E-state index in [0.29, 0.717) is 28.9 Å². The number of carbonyl (C=O) groups is 1. The first-order valence-corrected chi connectivity index (χ1v) is 10.2. The Kier molecular flexibility index (Phi) is 11.2. The molecule has 2 aromatic carbocycles. The number of primary amides is 1. The van der Waals surface area contributed by atoms with Crippen molar-refractivity contribution in [2.24, 2.45) is 5.73 Å². The quantitative estimate of drug-likeness (QED) is 0.277. The third-order valence-corrected chi connectivity index (χ3v) is 4.40. The molecule has 0 fully saturated rings. The number of aromatic nitrogens is 1. The average Bonchev–Trinajstić information content (AvgIpc) is 2.78. The first-order chi connectivity index (χ1) is 15.3. The van der Waals surface area contributed by atoms with Crippen LogP contribution in [0.25, 0.3) is 0 Å². The summed E-state index contributed by atoms with van der Waals surface area (Å²) in [5.41, 5.74) is 7.37. The van der Waals surface area contributed by atoms with Gasteiger partial charge in [0.25, 0.3) is 5.69 Å². The molecule has 3 rings (SSSR count). The molecule has 170 valence electrons. The van der Waals surface area contributed by atoms with Crippen LogP contribution >= 0.6 is 11.6 Å². The van der Waals surface area contributed by atoms with E-state index in [0.717, 1.165) is 16.7 Å². The molecular weight excluding hydrogens is 432 g/mol. The molecule has 32 heavy (non-hydrogen) atoms. The second-order valence-electron chi connectivity index (χ2n) is 6.25. The predicted octanol–water partition coefficient (Wildman–Crippen LogP) is 5.71. The average molecular weight is 459 g/mol. The molecule has 8 nitrogen and oxygen atoms in total. The van der Waals surface area contributed by atoms with Gasteiger partial charge in [-0.25, -0.2) is 4.98 Å². The highest BCUT2D eigenvalue weighted by Crippen LogP contribution is 2.30. The summed E-state index contributed by atoms with van der Waals surface area (Å²) in [5, 5.41) is 14.9. The number of aryl methyl sites for hydroxylation is 2. The molecular formula is C23H27ClN4O4. The number of amides is 1. The minimum absolute atomic E-state index is 0.00576. The van der Waals surface area contributed by atoms with Crippen LogP contribution in [0.5, 0.6) is 5.75 Å². The molecule has 1 amide bonds. The number of ether oxygens (including phenoxy) is 1. The molecule has 3 aromatic rings. The second kappa shape index (κ2) is 13.6. The van der Waals surface area contributed by atoms with Gasteiger partial charge in [0.1, 0.15) is 23.9 Å². The van der Waals surface area contributed by atoms with Crippen molar-refractivity contribution < 1.29 is 14.5 Å². The smallest absolute Gasteiger partial charge is 0.292 e. The lowest BCUT2D eigenvalue weighted by atomic mass is 10.1. The largest absolute Gasteiger partial charge is 0.487 e. The van der Waals surface area contributed by atoms with Crippen LogP contribution in [0.3, 0.4) is 0 Å². The number of hydrogen-bond donors (Lipinski definition) is 2. The van der Waals surface area contributed by atoms with Crippen molar-refractivity contribution in [3.8, 4) is 5.75 Å². The van der Waals surface area contributed by atoms with Crippen LogP contribution in [-0.2, 0) is 11.4 Å². The Balaban J connectivity index is 0.000000944. The van der Waals surface area contributed by atoms with Gasteiger partial charge in [0.15, 0.2) is 0 Å². The van der Waals surface area contributed by atoms with Gasteiger partial charge in [-0.3, -0.25) is 14.9 Å². The molecule has 0 unspecified atom stereocenters. The molecule has 0 aliphatic carbocycles. The zero-order chi connectivity index (χ0) is 24.1. The van der Waals surface area contributed by atoms with Crippen LogP contribution in [-0.4, -0.2) is 16.3 Å². The van der Waals surface area contributed by atoms with Crippen LogP contribution in [0, 0.1) is 24.0 Å². The highest BCUT2D eigenvalue weighted by atomic mass is 35.5. The number of anilines is 2. The van der Waals surface area contributed by atoms with Crippen molar-refractivity contribution in [3.63, 3.8) is 0 Å². The first-order valence-electron chi connectivity index (χ1n) is 9.86. The van der Waals surface area contributed by atoms with Gasteiger partial charge in [0.2, 0.25) is 6.41 Å². The van der Waals surface area contributed by atoms with Crippen LogP contribution in [0.1, 0.15) is 30.5 Å². The van der Waals surface area contributed by atoms with E-state index in [1.54, 1.807) is 37.4 Å². The molecule has 0 saturated carbocycles. The van der Waals surface area contributed by atoms with Crippen molar-refractivity contribution in [2.45, 2.75) is 34.3 Å². The number of benzene rings is 2. The number of hydrogen-bond acceptors (Lipinski definition) is 6. The van der Waals surface area contributed by atoms with Crippen molar-refractivity contribution in [2.75, 3.05) is 5.32 Å². The number of rotatable bonds is 6. The van der Waals surface area contributed by atoms with Gasteiger partial charge in [0, 0.05) is 16.7 Å². The Morgan fingerprint density at radius 2 is 1.88 bits per heavy atom. The maximum absolute atomic E-state index is 11.2. The standard InChI is InChI=1S/C20H18ClN3O3.C2H6.CH3NO/c1-13-6-8-17(21)15(10-13)12-27-16-7-9-19(22-11-16)23-20-14(2)4-3-5-18(20)24(25)26;1-2;2-1-3/h3-11H,12H2,1-2H3,(H,22,23);1-2H3;1H,(H2,2,3). The maximum Gasteiger partial charge on any atom is 0.292 e. The fraction of sp³-hybridized carbons (Fsp3) is 0.217. The molecule has 0 atom stereocenters. The van der Waals surface area contributed by atoms with Crippen molar-refractivity contribution in [1.29, 1.82) is 0 Å². The molecule has 0 spiro atoms. The number of nitrogens with zero attached hydrogens (tertiary/aromatic N) is 2. The molecule has 1 aromatic heterocycles. The summed E-state index contributed by atoms with van der Waals surface area (Å²) in [7, 11) is 0. The van der Waals surface area contributed by atoms with E-state index in [1.165, 1.54) is 6.07 Å². The van der Waals surface area contributed by atoms with Gasteiger partial charge in [-0.05, 0) is 37.6 Å². The van der Waals surface area contributed by atoms with E-state index < -0.39 is 4.92 Å². The highest BCUT2D eigenvalue weighted by molar-refractivity contribution is 6.31. The lowest BCUT2D eigenvalue weighted by molar-refractivity contribution is -0.384. The zero-order valence-corrected chi connectivity index (χ0v) is 19.2. The lowest BCUT2D eigenvalue weighted by Gasteiger charge is -2.11. The summed E-state index contributed by atoms with van der Waals surface area (Å²) in [6.07, 6.45) is 1.82. The fourth-order valence-electron chi connectivity index (χ4n) is 2.61. The third-order valence-electron chi connectivity index (χ3n) is 4.03. The molecule has 0 bridgehead atoms. The van der Waals surface area contributed by atoms with Crippen molar-refractivity contribution in [3.05, 3.63) is 86.6 Å². The summed E-state index contributed by atoms with van der Waals surface area (Å²) in [6, 6.07) is 14.1. The molecule has 0 radical (unpaired) electrons. The van der Waals surface area contributed by atoms with Gasteiger partial charge >= 0.3 is 0 Å². The monoisotopic (exact) mass is 458 g/mol. The summed E-state index contributed by atoms with van der Waals surface area (Å²) in [5.74, 6) is 1.07. The number of nitro benzene ring substituents is 1. The van der Waals surface area contributed by atoms with E-state index in [1.807, 2.05) is 39.0 Å². The van der Waals surface area contributed by atoms with E-state index >= 15 is 0 Å². The number of nitrogens with two attached hydrogens (primary N) is 1. The topological polar surface area (TPSA) is 120 Å². The number of halogens is 1. The van der Waals surface area contributed by atoms with Crippen LogP contribution in [0.15, 0.2) is 54.7 Å². The van der Waals surface area contributed by atoms with E-state index in [2.05, 4.69) is 16.0 Å². The van der Waals surface area contributed by atoms with Gasteiger partial charge in [-0.1, -0.05) is 55.3 Å². The van der Waals surface area contributed by atoms with E-state index in [-0.39, 0.29) is 12.1 Å². The zero-order valence-electron chi connectivity index (χ0n) is 18.5. The number of pyridine rings is 1. The Bertz CT molecular complexity index is 1030. The van der Waals surface area contributed by atoms with E-state index in [4.69, 9.17) is 21.1 Å². The predicted molar refractivity (Wildman–Crippen MR) is 127 cm³/mol. The Morgan fingerprint density at radius 3 is 2.47 bits per heavy atom. The van der Waals surface area contributed by atoms with Gasteiger partial charge in [-0.2, -0.15) is 0 Å². The summed E-state index contributed by atoms with van der Waals surface area (Å²) in [4.78, 5) is 23.6. The number of carbonyl (C=O) groups excluding carboxylic acids is 1. The Labute approximate surface area is 192 Å². The van der Waals surface area contributed by atoms with Crippen LogP contribution < -0.4 is 15.8 Å². The van der Waals surface area contributed by atoms with Gasteiger partial charge < -0.3 is 15.8 Å². The first kappa shape index (κ1) is 26.4. The molecule has 0 saturated heterocycles. The number of nitro groups is 1. The maximum atomic E-state index is 11.2. The normalized spacial score (nSPS) is 9.41. The van der Waals surface area contributed by atoms with Crippen LogP contribution in [0.2, 0.25) is 5.02 Å². The van der Waals surface area contributed by atoms with E-state index in [9.17, 15) is 10.1 Å². The molecule has 9 heteroatoms. The van der Waals surface area contributed by atoms with Gasteiger partial charge in [0.05, 0.1) is 11.1 Å². The fourth-order valence-corrected chi connectivity index (χ4v) is 2.78. The Hall–Kier alpha value is -3.65.